The van der Waals surface area contributed by atoms with E-state index in [2.05, 4.69) is 25.8 Å². The van der Waals surface area contributed by atoms with Crippen LogP contribution in [0.25, 0.3) is 0 Å². The van der Waals surface area contributed by atoms with Crippen molar-refractivity contribution in [3.05, 3.63) is 42.0 Å². The summed E-state index contributed by atoms with van der Waals surface area (Å²) in [5.74, 6) is 1.52. The van der Waals surface area contributed by atoms with Crippen LogP contribution in [0.1, 0.15) is 18.4 Å². The van der Waals surface area contributed by atoms with Gasteiger partial charge in [-0.15, -0.1) is 0 Å². The molecule has 2 aromatic rings. The summed E-state index contributed by atoms with van der Waals surface area (Å²) in [5.41, 5.74) is 1.21. The Kier molecular flexibility index (Phi) is 4.33. The highest BCUT2D eigenvalue weighted by molar-refractivity contribution is 5.61. The fourth-order valence-corrected chi connectivity index (χ4v) is 4.05. The monoisotopic (exact) mass is 353 g/mol. The van der Waals surface area contributed by atoms with E-state index in [1.165, 1.54) is 12.1 Å². The maximum Gasteiger partial charge on any atom is 0.225 e. The molecule has 0 amide bonds. The van der Waals surface area contributed by atoms with Gasteiger partial charge in [-0.25, -0.2) is 14.4 Å². The van der Waals surface area contributed by atoms with Crippen molar-refractivity contribution < 1.29 is 9.13 Å². The van der Waals surface area contributed by atoms with Crippen LogP contribution < -0.4 is 14.5 Å². The van der Waals surface area contributed by atoms with Crippen molar-refractivity contribution in [1.82, 2.24) is 9.97 Å². The number of hydrogen-bond donors (Lipinski definition) is 0. The van der Waals surface area contributed by atoms with Gasteiger partial charge in [-0.2, -0.15) is 5.26 Å². The Hall–Kier alpha value is -2.88. The van der Waals surface area contributed by atoms with Crippen molar-refractivity contribution in [3.63, 3.8) is 0 Å². The number of benzene rings is 1. The summed E-state index contributed by atoms with van der Waals surface area (Å²) in [4.78, 5) is 13.2. The number of nitrogens with zero attached hydrogens (tertiary/aromatic N) is 5. The number of piperidine rings is 1. The lowest BCUT2D eigenvalue weighted by molar-refractivity contribution is 0.385. The van der Waals surface area contributed by atoms with Gasteiger partial charge < -0.3 is 14.5 Å². The molecule has 0 radical (unpaired) electrons. The van der Waals surface area contributed by atoms with Gasteiger partial charge in [0.15, 0.2) is 5.75 Å². The first-order valence-electron chi connectivity index (χ1n) is 8.77. The summed E-state index contributed by atoms with van der Waals surface area (Å²) in [6.45, 7) is 2.59. The van der Waals surface area contributed by atoms with E-state index < -0.39 is 0 Å². The molecule has 2 atom stereocenters. The first-order chi connectivity index (χ1) is 12.7. The molecule has 6 nitrogen and oxygen atoms in total. The molecule has 0 aliphatic carbocycles. The number of methoxy groups -OCH3 is 1. The third-order valence-corrected chi connectivity index (χ3v) is 5.38. The Bertz CT molecular complexity index is 835. The minimum Gasteiger partial charge on any atom is -0.494 e. The van der Waals surface area contributed by atoms with Gasteiger partial charge in [0.05, 0.1) is 30.8 Å². The highest BCUT2D eigenvalue weighted by Crippen LogP contribution is 2.37. The van der Waals surface area contributed by atoms with Gasteiger partial charge in [0.2, 0.25) is 5.95 Å². The molecule has 0 spiro atoms. The summed E-state index contributed by atoms with van der Waals surface area (Å²) in [5, 5.41) is 9.39. The van der Waals surface area contributed by atoms with Crippen LogP contribution in [0.4, 0.5) is 16.0 Å². The Labute approximate surface area is 151 Å². The molecule has 4 rings (SSSR count). The van der Waals surface area contributed by atoms with Crippen LogP contribution in [0, 0.1) is 23.1 Å². The van der Waals surface area contributed by atoms with Crippen LogP contribution in [0.5, 0.6) is 5.75 Å². The van der Waals surface area contributed by atoms with Gasteiger partial charge in [-0.1, -0.05) is 0 Å². The smallest absolute Gasteiger partial charge is 0.225 e. The van der Waals surface area contributed by atoms with Gasteiger partial charge in [0.1, 0.15) is 11.9 Å². The van der Waals surface area contributed by atoms with Crippen molar-refractivity contribution in [2.24, 2.45) is 5.92 Å². The fraction of sp³-hybridized carbons (Fsp3) is 0.421. The van der Waals surface area contributed by atoms with Crippen LogP contribution in [0.3, 0.4) is 0 Å². The highest BCUT2D eigenvalue weighted by atomic mass is 19.1. The van der Waals surface area contributed by atoms with Crippen LogP contribution in [-0.4, -0.2) is 42.8 Å². The van der Waals surface area contributed by atoms with Crippen LogP contribution in [-0.2, 0) is 0 Å². The largest absolute Gasteiger partial charge is 0.494 e. The fourth-order valence-electron chi connectivity index (χ4n) is 4.05. The third-order valence-electron chi connectivity index (χ3n) is 5.38. The third kappa shape index (κ3) is 2.92. The minimum atomic E-state index is -0.377. The molecule has 0 bridgehead atoms. The summed E-state index contributed by atoms with van der Waals surface area (Å²) < 4.78 is 18.6. The second kappa shape index (κ2) is 6.79. The molecule has 1 aromatic heterocycles. The first kappa shape index (κ1) is 16.6. The quantitative estimate of drug-likeness (QED) is 0.845. The van der Waals surface area contributed by atoms with E-state index in [0.29, 0.717) is 23.2 Å². The number of halogens is 1. The lowest BCUT2D eigenvalue weighted by Crippen LogP contribution is -2.49. The van der Waals surface area contributed by atoms with Crippen LogP contribution in [0.15, 0.2) is 30.6 Å². The van der Waals surface area contributed by atoms with Gasteiger partial charge in [0, 0.05) is 25.7 Å². The predicted molar refractivity (Wildman–Crippen MR) is 95.8 cm³/mol. The summed E-state index contributed by atoms with van der Waals surface area (Å²) >= 11 is 0. The molecule has 3 heterocycles. The molecule has 2 fully saturated rings. The van der Waals surface area contributed by atoms with E-state index in [0.717, 1.165) is 38.2 Å². The zero-order chi connectivity index (χ0) is 18.1. The number of fused-ring (bicyclic) bond motifs is 1. The molecule has 0 N–H and O–H groups in total. The average molecular weight is 353 g/mol. The first-order valence-corrected chi connectivity index (χ1v) is 8.77. The van der Waals surface area contributed by atoms with E-state index in [1.54, 1.807) is 25.6 Å². The number of aromatic nitrogens is 2. The summed E-state index contributed by atoms with van der Waals surface area (Å²) in [6.07, 6.45) is 5.49. The average Bonchev–Trinajstić information content (AvgIpc) is 3.11. The molecule has 134 valence electrons. The molecule has 7 heteroatoms. The number of nitriles is 1. The molecule has 2 unspecified atom stereocenters. The van der Waals surface area contributed by atoms with Crippen molar-refractivity contribution in [2.45, 2.75) is 18.9 Å². The summed E-state index contributed by atoms with van der Waals surface area (Å²) in [7, 11) is 1.59. The van der Waals surface area contributed by atoms with Crippen LogP contribution >= 0.6 is 0 Å². The maximum absolute atomic E-state index is 13.5. The number of anilines is 2. The Morgan fingerprint density at radius 1 is 1.23 bits per heavy atom. The zero-order valence-electron chi connectivity index (χ0n) is 14.6. The second-order valence-electron chi connectivity index (χ2n) is 6.74. The van der Waals surface area contributed by atoms with E-state index in [9.17, 15) is 9.65 Å². The molecular weight excluding hydrogens is 333 g/mol. The number of ether oxygens (including phenoxy) is 1. The molecule has 1 aromatic carbocycles. The number of rotatable bonds is 3. The van der Waals surface area contributed by atoms with Crippen molar-refractivity contribution in [3.8, 4) is 11.8 Å². The molecular formula is C19H20FN5O. The normalized spacial score (nSPS) is 22.0. The van der Waals surface area contributed by atoms with Gasteiger partial charge >= 0.3 is 0 Å². The Morgan fingerprint density at radius 3 is 2.73 bits per heavy atom. The van der Waals surface area contributed by atoms with E-state index in [-0.39, 0.29) is 11.9 Å². The van der Waals surface area contributed by atoms with Gasteiger partial charge in [-0.3, -0.25) is 0 Å². The SMILES string of the molecule is COc1cnc(N2CCC3CCN(c4ccc(F)cc4C#N)C3C2)nc1. The maximum atomic E-state index is 13.5. The predicted octanol–water partition coefficient (Wildman–Crippen LogP) is 2.60. The van der Waals surface area contributed by atoms with Crippen molar-refractivity contribution in [1.29, 1.82) is 5.26 Å². The Morgan fingerprint density at radius 2 is 2.00 bits per heavy atom. The topological polar surface area (TPSA) is 65.3 Å². The van der Waals surface area contributed by atoms with E-state index in [1.807, 2.05) is 0 Å². The van der Waals surface area contributed by atoms with Gasteiger partial charge in [-0.05, 0) is 37.0 Å². The minimum absolute atomic E-state index is 0.270. The lowest BCUT2D eigenvalue weighted by Gasteiger charge is -2.39. The summed E-state index contributed by atoms with van der Waals surface area (Å²) in [6, 6.07) is 6.86. The van der Waals surface area contributed by atoms with Crippen LogP contribution in [0.2, 0.25) is 0 Å². The molecule has 26 heavy (non-hydrogen) atoms. The van der Waals surface area contributed by atoms with Gasteiger partial charge in [0.25, 0.3) is 0 Å². The standard InChI is InChI=1S/C19H20FN5O/c1-26-16-10-22-19(23-11-16)24-6-4-13-5-7-25(18(13)12-24)17-3-2-15(20)8-14(17)9-21/h2-3,8,10-11,13,18H,4-7,12H2,1H3. The zero-order valence-corrected chi connectivity index (χ0v) is 14.6. The van der Waals surface area contributed by atoms with Crippen molar-refractivity contribution >= 4 is 11.6 Å². The second-order valence-corrected chi connectivity index (χ2v) is 6.74. The molecule has 2 aliphatic heterocycles. The molecule has 2 aliphatic rings. The highest BCUT2D eigenvalue weighted by Gasteiger charge is 2.39. The van der Waals surface area contributed by atoms with E-state index in [4.69, 9.17) is 4.74 Å². The lowest BCUT2D eigenvalue weighted by atomic mass is 9.92. The number of hydrogen-bond acceptors (Lipinski definition) is 6. The van der Waals surface area contributed by atoms with E-state index >= 15 is 0 Å². The molecule has 0 saturated carbocycles. The Balaban J connectivity index is 1.58. The molecule has 2 saturated heterocycles. The van der Waals surface area contributed by atoms with Crippen molar-refractivity contribution in [2.75, 3.05) is 36.5 Å².